The maximum atomic E-state index is 11.3. The summed E-state index contributed by atoms with van der Waals surface area (Å²) in [6.45, 7) is 0.956. The Morgan fingerprint density at radius 1 is 1.38 bits per heavy atom. The second-order valence-corrected chi connectivity index (χ2v) is 3.11. The number of carbonyl (C=O) groups is 1. The van der Waals surface area contributed by atoms with Crippen LogP contribution in [0.15, 0.2) is 29.2 Å². The zero-order valence-electron chi connectivity index (χ0n) is 7.16. The Balaban J connectivity index is 2.61. The highest BCUT2D eigenvalue weighted by Gasteiger charge is 2.02. The molecule has 0 unspecified atom stereocenters. The summed E-state index contributed by atoms with van der Waals surface area (Å²) in [6, 6.07) is 7.02. The smallest absolute Gasteiger partial charge is 0.251 e. The Morgan fingerprint density at radius 2 is 2.00 bits per heavy atom. The number of rotatable bonds is 3. The lowest BCUT2D eigenvalue weighted by molar-refractivity contribution is 0.0954. The van der Waals surface area contributed by atoms with Crippen LogP contribution in [0.5, 0.6) is 0 Å². The Labute approximate surface area is 82.7 Å². The van der Waals surface area contributed by atoms with Gasteiger partial charge < -0.3 is 11.1 Å². The number of amides is 1. The third kappa shape index (κ3) is 3.08. The van der Waals surface area contributed by atoms with Crippen molar-refractivity contribution in [3.63, 3.8) is 0 Å². The van der Waals surface area contributed by atoms with Crippen molar-refractivity contribution in [2.75, 3.05) is 13.1 Å². The molecule has 1 rings (SSSR count). The van der Waals surface area contributed by atoms with E-state index in [2.05, 4.69) is 17.9 Å². The predicted molar refractivity (Wildman–Crippen MR) is 55.1 cm³/mol. The summed E-state index contributed by atoms with van der Waals surface area (Å²) in [5.41, 5.74) is 5.88. The largest absolute Gasteiger partial charge is 0.351 e. The highest BCUT2D eigenvalue weighted by atomic mass is 32.1. The van der Waals surface area contributed by atoms with E-state index in [1.807, 2.05) is 0 Å². The van der Waals surface area contributed by atoms with Crippen LogP contribution in [0.1, 0.15) is 10.4 Å². The first-order chi connectivity index (χ1) is 6.24. The number of benzene rings is 1. The van der Waals surface area contributed by atoms with E-state index in [1.165, 1.54) is 0 Å². The van der Waals surface area contributed by atoms with E-state index in [9.17, 15) is 4.79 Å². The number of nitrogens with one attached hydrogen (secondary N) is 1. The normalized spacial score (nSPS) is 9.69. The van der Waals surface area contributed by atoms with Crippen LogP contribution in [0.25, 0.3) is 0 Å². The van der Waals surface area contributed by atoms with Gasteiger partial charge in [-0.2, -0.15) is 0 Å². The standard InChI is InChI=1S/C9H12N2OS/c10-5-6-11-9(12)7-1-3-8(13)4-2-7/h1-4,13H,5-6,10H2,(H,11,12). The summed E-state index contributed by atoms with van der Waals surface area (Å²) >= 11 is 4.12. The molecule has 0 aliphatic carbocycles. The van der Waals surface area contributed by atoms with Gasteiger partial charge in [0.1, 0.15) is 0 Å². The first-order valence-electron chi connectivity index (χ1n) is 4.01. The van der Waals surface area contributed by atoms with Crippen LogP contribution in [0.3, 0.4) is 0 Å². The van der Waals surface area contributed by atoms with Gasteiger partial charge in [0, 0.05) is 23.5 Å². The highest BCUT2D eigenvalue weighted by Crippen LogP contribution is 2.07. The molecular weight excluding hydrogens is 184 g/mol. The maximum absolute atomic E-state index is 11.3. The molecule has 3 nitrogen and oxygen atoms in total. The molecule has 0 aliphatic rings. The van der Waals surface area contributed by atoms with Crippen LogP contribution >= 0.6 is 12.6 Å². The minimum atomic E-state index is -0.0983. The lowest BCUT2D eigenvalue weighted by Gasteiger charge is -2.02. The van der Waals surface area contributed by atoms with Crippen molar-refractivity contribution in [3.05, 3.63) is 29.8 Å². The molecule has 0 radical (unpaired) electrons. The lowest BCUT2D eigenvalue weighted by atomic mass is 10.2. The third-order valence-electron chi connectivity index (χ3n) is 1.56. The van der Waals surface area contributed by atoms with Gasteiger partial charge >= 0.3 is 0 Å². The van der Waals surface area contributed by atoms with Crippen LogP contribution in [0.2, 0.25) is 0 Å². The molecule has 0 saturated carbocycles. The predicted octanol–water partition coefficient (Wildman–Crippen LogP) is 0.664. The molecule has 0 saturated heterocycles. The highest BCUT2D eigenvalue weighted by molar-refractivity contribution is 7.80. The molecule has 4 heteroatoms. The Morgan fingerprint density at radius 3 is 2.54 bits per heavy atom. The fraction of sp³-hybridized carbons (Fsp3) is 0.222. The van der Waals surface area contributed by atoms with Gasteiger partial charge in [0.2, 0.25) is 0 Å². The Kier molecular flexibility index (Phi) is 3.79. The van der Waals surface area contributed by atoms with Gasteiger partial charge in [0.25, 0.3) is 5.91 Å². The average molecular weight is 196 g/mol. The first kappa shape index (κ1) is 10.1. The average Bonchev–Trinajstić information content (AvgIpc) is 2.15. The van der Waals surface area contributed by atoms with Crippen molar-refractivity contribution in [2.45, 2.75) is 4.90 Å². The van der Waals surface area contributed by atoms with E-state index >= 15 is 0 Å². The van der Waals surface area contributed by atoms with E-state index in [4.69, 9.17) is 5.73 Å². The van der Waals surface area contributed by atoms with Gasteiger partial charge in [-0.25, -0.2) is 0 Å². The summed E-state index contributed by atoms with van der Waals surface area (Å²) < 4.78 is 0. The first-order valence-corrected chi connectivity index (χ1v) is 4.46. The van der Waals surface area contributed by atoms with Crippen molar-refractivity contribution in [3.8, 4) is 0 Å². The minimum absolute atomic E-state index is 0.0983. The third-order valence-corrected chi connectivity index (χ3v) is 1.86. The van der Waals surface area contributed by atoms with Crippen LogP contribution in [-0.4, -0.2) is 19.0 Å². The number of hydrogen-bond acceptors (Lipinski definition) is 3. The van der Waals surface area contributed by atoms with Crippen LogP contribution in [0.4, 0.5) is 0 Å². The van der Waals surface area contributed by atoms with Gasteiger partial charge in [0.15, 0.2) is 0 Å². The summed E-state index contributed by atoms with van der Waals surface area (Å²) in [5.74, 6) is -0.0983. The van der Waals surface area contributed by atoms with Gasteiger partial charge in [0.05, 0.1) is 0 Å². The second kappa shape index (κ2) is 4.89. The summed E-state index contributed by atoms with van der Waals surface area (Å²) in [4.78, 5) is 12.2. The minimum Gasteiger partial charge on any atom is -0.351 e. The van der Waals surface area contributed by atoms with E-state index in [0.29, 0.717) is 18.7 Å². The van der Waals surface area contributed by atoms with Crippen LogP contribution < -0.4 is 11.1 Å². The fourth-order valence-corrected chi connectivity index (χ4v) is 1.05. The van der Waals surface area contributed by atoms with E-state index in [-0.39, 0.29) is 5.91 Å². The number of carbonyl (C=O) groups excluding carboxylic acids is 1. The van der Waals surface area contributed by atoms with E-state index in [0.717, 1.165) is 4.90 Å². The number of nitrogens with two attached hydrogens (primary N) is 1. The zero-order valence-corrected chi connectivity index (χ0v) is 8.05. The Bertz CT molecular complexity index is 284. The molecule has 0 aromatic heterocycles. The molecule has 0 fully saturated rings. The summed E-state index contributed by atoms with van der Waals surface area (Å²) in [7, 11) is 0. The van der Waals surface area contributed by atoms with Crippen molar-refractivity contribution in [1.82, 2.24) is 5.32 Å². The van der Waals surface area contributed by atoms with E-state index < -0.39 is 0 Å². The number of thiol groups is 1. The number of hydrogen-bond donors (Lipinski definition) is 3. The van der Waals surface area contributed by atoms with Crippen molar-refractivity contribution in [1.29, 1.82) is 0 Å². The fourth-order valence-electron chi connectivity index (χ4n) is 0.901. The summed E-state index contributed by atoms with van der Waals surface area (Å²) in [6.07, 6.45) is 0. The molecule has 0 heterocycles. The van der Waals surface area contributed by atoms with Gasteiger partial charge in [-0.1, -0.05) is 0 Å². The van der Waals surface area contributed by atoms with Gasteiger partial charge in [-0.05, 0) is 24.3 Å². The summed E-state index contributed by atoms with van der Waals surface area (Å²) in [5, 5.41) is 2.68. The van der Waals surface area contributed by atoms with Gasteiger partial charge in [-0.15, -0.1) is 12.6 Å². The quantitative estimate of drug-likeness (QED) is 0.622. The molecule has 0 spiro atoms. The lowest BCUT2D eigenvalue weighted by Crippen LogP contribution is -2.28. The van der Waals surface area contributed by atoms with Crippen molar-refractivity contribution >= 4 is 18.5 Å². The zero-order chi connectivity index (χ0) is 9.68. The Hall–Kier alpha value is -1.00. The molecule has 0 aliphatic heterocycles. The van der Waals surface area contributed by atoms with Gasteiger partial charge in [-0.3, -0.25) is 4.79 Å². The maximum Gasteiger partial charge on any atom is 0.251 e. The molecule has 13 heavy (non-hydrogen) atoms. The van der Waals surface area contributed by atoms with E-state index in [1.54, 1.807) is 24.3 Å². The molecule has 1 amide bonds. The monoisotopic (exact) mass is 196 g/mol. The molecular formula is C9H12N2OS. The topological polar surface area (TPSA) is 55.1 Å². The molecule has 0 bridgehead atoms. The molecule has 3 N–H and O–H groups in total. The molecule has 1 aromatic carbocycles. The SMILES string of the molecule is NCCNC(=O)c1ccc(S)cc1. The van der Waals surface area contributed by atoms with Crippen LogP contribution in [0, 0.1) is 0 Å². The van der Waals surface area contributed by atoms with Crippen LogP contribution in [-0.2, 0) is 0 Å². The molecule has 70 valence electrons. The van der Waals surface area contributed by atoms with Crippen molar-refractivity contribution < 1.29 is 4.79 Å². The van der Waals surface area contributed by atoms with Crippen molar-refractivity contribution in [2.24, 2.45) is 5.73 Å². The molecule has 0 atom stereocenters. The second-order valence-electron chi connectivity index (χ2n) is 2.59. The molecule has 1 aromatic rings.